The molecule has 1 saturated heterocycles. The maximum Gasteiger partial charge on any atom is 0.258 e. The summed E-state index contributed by atoms with van der Waals surface area (Å²) in [6.07, 6.45) is 5.46. The van der Waals surface area contributed by atoms with Crippen LogP contribution in [0, 0.1) is 19.3 Å². The van der Waals surface area contributed by atoms with Gasteiger partial charge >= 0.3 is 0 Å². The van der Waals surface area contributed by atoms with Crippen molar-refractivity contribution in [2.75, 3.05) is 31.2 Å². The number of halogens is 1. The quantitative estimate of drug-likeness (QED) is 0.573. The van der Waals surface area contributed by atoms with Gasteiger partial charge in [-0.1, -0.05) is 23.6 Å². The second kappa shape index (κ2) is 9.25. The Morgan fingerprint density at radius 3 is 2.74 bits per heavy atom. The van der Waals surface area contributed by atoms with Crippen LogP contribution in [0.5, 0.6) is 5.75 Å². The molecular weight excluding hydrogens is 414 g/mol. The number of morpholine rings is 1. The number of aromatic nitrogens is 2. The molecule has 0 aliphatic carbocycles. The molecule has 0 atom stereocenters. The minimum absolute atomic E-state index is 0.105. The predicted molar refractivity (Wildman–Crippen MR) is 121 cm³/mol. The zero-order chi connectivity index (χ0) is 21.8. The molecule has 158 valence electrons. The van der Waals surface area contributed by atoms with E-state index in [0.29, 0.717) is 41.2 Å². The van der Waals surface area contributed by atoms with Gasteiger partial charge in [0.2, 0.25) is 0 Å². The molecule has 2 heterocycles. The summed E-state index contributed by atoms with van der Waals surface area (Å²) in [4.78, 5) is 19.6. The summed E-state index contributed by atoms with van der Waals surface area (Å²) >= 11 is 6.59. The molecule has 0 spiro atoms. The van der Waals surface area contributed by atoms with Gasteiger partial charge in [0.1, 0.15) is 12.4 Å². The largest absolute Gasteiger partial charge is 0.486 e. The molecule has 0 bridgehead atoms. The molecule has 1 aliphatic heterocycles. The summed E-state index contributed by atoms with van der Waals surface area (Å²) in [7, 11) is 0. The summed E-state index contributed by atoms with van der Waals surface area (Å²) in [5.74, 6) is 3.67. The minimum atomic E-state index is -0.196. The Labute approximate surface area is 186 Å². The van der Waals surface area contributed by atoms with Crippen molar-refractivity contribution in [2.45, 2.75) is 13.5 Å². The molecule has 0 saturated carbocycles. The van der Waals surface area contributed by atoms with Crippen LogP contribution < -0.4 is 15.2 Å². The number of hydrogen-bond donors (Lipinski definition) is 0. The van der Waals surface area contributed by atoms with Crippen LogP contribution in [0.15, 0.2) is 53.3 Å². The van der Waals surface area contributed by atoms with Gasteiger partial charge in [-0.2, -0.15) is 0 Å². The van der Waals surface area contributed by atoms with E-state index in [-0.39, 0.29) is 12.2 Å². The molecule has 0 unspecified atom stereocenters. The third kappa shape index (κ3) is 4.74. The lowest BCUT2D eigenvalue weighted by Crippen LogP contribution is -2.36. The Bertz CT molecular complexity index is 1190. The maximum atomic E-state index is 12.8. The van der Waals surface area contributed by atoms with Crippen LogP contribution in [0.4, 0.5) is 5.69 Å². The number of terminal acetylenes is 1. The van der Waals surface area contributed by atoms with Gasteiger partial charge < -0.3 is 14.4 Å². The molecule has 3 aromatic rings. The second-order valence-electron chi connectivity index (χ2n) is 7.18. The fourth-order valence-electron chi connectivity index (χ4n) is 3.55. The van der Waals surface area contributed by atoms with E-state index in [2.05, 4.69) is 15.8 Å². The standard InChI is InChI=1S/C24H22ClN3O3/c1-3-18-5-4-6-20(14-18)31-16-23-26-17(2)13-24(29)28(23)19-7-8-22(21(25)15-19)27-9-11-30-12-10-27/h1,4-8,13-15H,9-12,16H2,2H3. The number of hydrogen-bond acceptors (Lipinski definition) is 5. The average molecular weight is 436 g/mol. The van der Waals surface area contributed by atoms with E-state index in [4.69, 9.17) is 27.5 Å². The van der Waals surface area contributed by atoms with E-state index in [0.717, 1.165) is 24.3 Å². The lowest BCUT2D eigenvalue weighted by Gasteiger charge is -2.29. The van der Waals surface area contributed by atoms with Gasteiger partial charge in [0.25, 0.3) is 5.56 Å². The first kappa shape index (κ1) is 21.0. The monoisotopic (exact) mass is 435 g/mol. The van der Waals surface area contributed by atoms with Gasteiger partial charge in [0.05, 0.1) is 29.6 Å². The average Bonchev–Trinajstić information content (AvgIpc) is 2.78. The molecule has 31 heavy (non-hydrogen) atoms. The molecule has 0 radical (unpaired) electrons. The van der Waals surface area contributed by atoms with Gasteiger partial charge in [-0.05, 0) is 43.3 Å². The second-order valence-corrected chi connectivity index (χ2v) is 7.59. The maximum absolute atomic E-state index is 12.8. The molecule has 2 aromatic carbocycles. The van der Waals surface area contributed by atoms with Crippen LogP contribution in [0.1, 0.15) is 17.1 Å². The summed E-state index contributed by atoms with van der Waals surface area (Å²) in [5.41, 5.74) is 2.70. The lowest BCUT2D eigenvalue weighted by atomic mass is 10.2. The highest BCUT2D eigenvalue weighted by Gasteiger charge is 2.17. The molecule has 1 aromatic heterocycles. The van der Waals surface area contributed by atoms with Crippen LogP contribution >= 0.6 is 11.6 Å². The van der Waals surface area contributed by atoms with Gasteiger partial charge in [-0.25, -0.2) is 4.98 Å². The minimum Gasteiger partial charge on any atom is -0.486 e. The van der Waals surface area contributed by atoms with Gasteiger partial charge in [-0.15, -0.1) is 6.42 Å². The molecule has 6 nitrogen and oxygen atoms in total. The zero-order valence-corrected chi connectivity index (χ0v) is 17.9. The molecule has 1 fully saturated rings. The third-order valence-corrected chi connectivity index (χ3v) is 5.33. The van der Waals surface area contributed by atoms with E-state index in [1.165, 1.54) is 10.6 Å². The van der Waals surface area contributed by atoms with Crippen molar-refractivity contribution in [3.63, 3.8) is 0 Å². The summed E-state index contributed by atoms with van der Waals surface area (Å²) in [6.45, 7) is 4.78. The number of nitrogens with zero attached hydrogens (tertiary/aromatic N) is 3. The van der Waals surface area contributed by atoms with Gasteiger partial charge in [0, 0.05) is 30.4 Å². The Morgan fingerprint density at radius 1 is 1.19 bits per heavy atom. The van der Waals surface area contributed by atoms with Crippen LogP contribution in [0.2, 0.25) is 5.02 Å². The summed E-state index contributed by atoms with van der Waals surface area (Å²) in [5, 5.41) is 0.570. The third-order valence-electron chi connectivity index (χ3n) is 5.03. The number of aryl methyl sites for hydroxylation is 1. The fourth-order valence-corrected chi connectivity index (χ4v) is 3.84. The van der Waals surface area contributed by atoms with E-state index in [9.17, 15) is 4.79 Å². The highest BCUT2D eigenvalue weighted by atomic mass is 35.5. The summed E-state index contributed by atoms with van der Waals surface area (Å²) in [6, 6.07) is 14.3. The van der Waals surface area contributed by atoms with Crippen LogP contribution in [0.3, 0.4) is 0 Å². The van der Waals surface area contributed by atoms with E-state index in [1.54, 1.807) is 19.1 Å². The Hall–Kier alpha value is -3.27. The van der Waals surface area contributed by atoms with Crippen LogP contribution in [-0.2, 0) is 11.3 Å². The van der Waals surface area contributed by atoms with Crippen LogP contribution in [0.25, 0.3) is 5.69 Å². The Balaban J connectivity index is 1.65. The Kier molecular flexibility index (Phi) is 6.26. The van der Waals surface area contributed by atoms with Crippen molar-refractivity contribution in [3.05, 3.63) is 81.0 Å². The highest BCUT2D eigenvalue weighted by Crippen LogP contribution is 2.29. The van der Waals surface area contributed by atoms with E-state index < -0.39 is 0 Å². The van der Waals surface area contributed by atoms with Crippen molar-refractivity contribution in [1.82, 2.24) is 9.55 Å². The van der Waals surface area contributed by atoms with Gasteiger partial charge in [-0.3, -0.25) is 9.36 Å². The first-order valence-corrected chi connectivity index (χ1v) is 10.3. The van der Waals surface area contributed by atoms with E-state index >= 15 is 0 Å². The van der Waals surface area contributed by atoms with E-state index in [1.807, 2.05) is 30.3 Å². The molecule has 0 amide bonds. The molecule has 1 aliphatic rings. The normalized spacial score (nSPS) is 13.6. The van der Waals surface area contributed by atoms with Gasteiger partial charge in [0.15, 0.2) is 5.82 Å². The summed E-state index contributed by atoms with van der Waals surface area (Å²) < 4.78 is 12.8. The number of anilines is 1. The van der Waals surface area contributed by atoms with Crippen molar-refractivity contribution in [2.24, 2.45) is 0 Å². The number of benzene rings is 2. The number of ether oxygens (including phenoxy) is 2. The Morgan fingerprint density at radius 2 is 2.00 bits per heavy atom. The van der Waals surface area contributed by atoms with Crippen LogP contribution in [-0.4, -0.2) is 35.9 Å². The lowest BCUT2D eigenvalue weighted by molar-refractivity contribution is 0.122. The zero-order valence-electron chi connectivity index (χ0n) is 17.2. The molecular formula is C24H22ClN3O3. The first-order valence-electron chi connectivity index (χ1n) is 9.97. The topological polar surface area (TPSA) is 56.6 Å². The van der Waals surface area contributed by atoms with Crippen molar-refractivity contribution < 1.29 is 9.47 Å². The first-order chi connectivity index (χ1) is 15.0. The number of rotatable bonds is 5. The van der Waals surface area contributed by atoms with Crippen molar-refractivity contribution >= 4 is 17.3 Å². The molecule has 4 rings (SSSR count). The smallest absolute Gasteiger partial charge is 0.258 e. The van der Waals surface area contributed by atoms with Crippen molar-refractivity contribution in [1.29, 1.82) is 0 Å². The predicted octanol–water partition coefficient (Wildman–Crippen LogP) is 3.59. The SMILES string of the molecule is C#Cc1cccc(OCc2nc(C)cc(=O)n2-c2ccc(N3CCOCC3)c(Cl)c2)c1. The van der Waals surface area contributed by atoms with Crippen molar-refractivity contribution in [3.8, 4) is 23.8 Å². The highest BCUT2D eigenvalue weighted by molar-refractivity contribution is 6.33. The molecule has 7 heteroatoms. The molecule has 0 N–H and O–H groups in total. The fraction of sp³-hybridized carbons (Fsp3) is 0.250.